The zero-order chi connectivity index (χ0) is 17.4. The molecule has 1 saturated heterocycles. The van der Waals surface area contributed by atoms with Gasteiger partial charge in [0.25, 0.3) is 0 Å². The van der Waals surface area contributed by atoms with Crippen molar-refractivity contribution in [2.75, 3.05) is 11.4 Å². The number of nitrogens with one attached hydrogen (secondary N) is 1. The maximum absolute atomic E-state index is 12.3. The Morgan fingerprint density at radius 3 is 2.80 bits per heavy atom. The lowest BCUT2D eigenvalue weighted by Crippen LogP contribution is -2.32. The first-order valence-corrected chi connectivity index (χ1v) is 8.64. The molecule has 1 unspecified atom stereocenters. The lowest BCUT2D eigenvalue weighted by molar-refractivity contribution is -0.126. The molecule has 2 fully saturated rings. The quantitative estimate of drug-likeness (QED) is 0.883. The van der Waals surface area contributed by atoms with Gasteiger partial charge in [0, 0.05) is 29.6 Å². The van der Waals surface area contributed by atoms with E-state index in [9.17, 15) is 9.59 Å². The van der Waals surface area contributed by atoms with Crippen molar-refractivity contribution in [1.82, 2.24) is 15.5 Å². The molecule has 2 heterocycles. The first-order chi connectivity index (χ1) is 12.1. The highest BCUT2D eigenvalue weighted by Crippen LogP contribution is 2.38. The standard InChI is InChI=1S/C17H17ClN4O3/c18-12-3-5-13(6-4-12)22-9-11(7-15(22)23)17(24)19-8-14-20-16(21-25-14)10-1-2-10/h3-6,10-11H,1-2,7-9H2,(H,19,24). The molecule has 2 amide bonds. The average Bonchev–Trinajstić information content (AvgIpc) is 3.22. The van der Waals surface area contributed by atoms with E-state index in [-0.39, 0.29) is 24.8 Å². The summed E-state index contributed by atoms with van der Waals surface area (Å²) in [7, 11) is 0. The van der Waals surface area contributed by atoms with Crippen molar-refractivity contribution in [1.29, 1.82) is 0 Å². The van der Waals surface area contributed by atoms with Gasteiger partial charge in [-0.2, -0.15) is 4.98 Å². The van der Waals surface area contributed by atoms with E-state index < -0.39 is 5.92 Å². The van der Waals surface area contributed by atoms with Crippen LogP contribution in [0.1, 0.15) is 36.9 Å². The minimum Gasteiger partial charge on any atom is -0.347 e. The van der Waals surface area contributed by atoms with Crippen LogP contribution in [0.5, 0.6) is 0 Å². The van der Waals surface area contributed by atoms with E-state index in [1.165, 1.54) is 0 Å². The first-order valence-electron chi connectivity index (χ1n) is 8.26. The van der Waals surface area contributed by atoms with Gasteiger partial charge in [-0.1, -0.05) is 16.8 Å². The van der Waals surface area contributed by atoms with Crippen molar-refractivity contribution in [3.63, 3.8) is 0 Å². The Morgan fingerprint density at radius 2 is 2.08 bits per heavy atom. The molecule has 1 aliphatic heterocycles. The third-order valence-electron chi connectivity index (χ3n) is 4.47. The number of benzene rings is 1. The summed E-state index contributed by atoms with van der Waals surface area (Å²) in [5, 5.41) is 7.30. The fourth-order valence-electron chi connectivity index (χ4n) is 2.91. The minimum atomic E-state index is -0.394. The third kappa shape index (κ3) is 3.51. The van der Waals surface area contributed by atoms with E-state index in [4.69, 9.17) is 16.1 Å². The molecule has 1 aromatic heterocycles. The van der Waals surface area contributed by atoms with Gasteiger partial charge in [0.05, 0.1) is 12.5 Å². The van der Waals surface area contributed by atoms with Crippen LogP contribution in [0.3, 0.4) is 0 Å². The molecule has 0 bridgehead atoms. The van der Waals surface area contributed by atoms with Crippen LogP contribution in [-0.2, 0) is 16.1 Å². The van der Waals surface area contributed by atoms with Gasteiger partial charge in [-0.15, -0.1) is 0 Å². The lowest BCUT2D eigenvalue weighted by Gasteiger charge is -2.16. The summed E-state index contributed by atoms with van der Waals surface area (Å²) < 4.78 is 5.14. The predicted octanol–water partition coefficient (Wildman–Crippen LogP) is 2.27. The Bertz CT molecular complexity index is 800. The highest BCUT2D eigenvalue weighted by molar-refractivity contribution is 6.30. The number of halogens is 1. The summed E-state index contributed by atoms with van der Waals surface area (Å²) in [4.78, 5) is 30.4. The molecule has 130 valence electrons. The summed E-state index contributed by atoms with van der Waals surface area (Å²) in [5.41, 5.74) is 0.746. The van der Waals surface area contributed by atoms with Crippen LogP contribution in [-0.4, -0.2) is 28.5 Å². The van der Waals surface area contributed by atoms with E-state index in [2.05, 4.69) is 15.5 Å². The number of anilines is 1. The Balaban J connectivity index is 1.34. The number of carbonyl (C=O) groups excluding carboxylic acids is 2. The number of amides is 2. The summed E-state index contributed by atoms with van der Waals surface area (Å²) in [6, 6.07) is 7.01. The van der Waals surface area contributed by atoms with Crippen LogP contribution in [0, 0.1) is 5.92 Å². The van der Waals surface area contributed by atoms with Gasteiger partial charge in [-0.25, -0.2) is 0 Å². The van der Waals surface area contributed by atoms with E-state index in [0.717, 1.165) is 18.5 Å². The largest absolute Gasteiger partial charge is 0.347 e. The van der Waals surface area contributed by atoms with Crippen LogP contribution in [0.25, 0.3) is 0 Å². The van der Waals surface area contributed by atoms with E-state index in [1.54, 1.807) is 29.2 Å². The number of carbonyl (C=O) groups is 2. The second-order valence-corrected chi connectivity index (χ2v) is 6.86. The second kappa shape index (κ2) is 6.48. The molecule has 2 aliphatic rings. The predicted molar refractivity (Wildman–Crippen MR) is 90.0 cm³/mol. The maximum atomic E-state index is 12.3. The van der Waals surface area contributed by atoms with Gasteiger partial charge in [0.15, 0.2) is 5.82 Å². The van der Waals surface area contributed by atoms with Crippen molar-refractivity contribution in [2.24, 2.45) is 5.92 Å². The zero-order valence-corrected chi connectivity index (χ0v) is 14.2. The molecule has 1 saturated carbocycles. The van der Waals surface area contributed by atoms with E-state index in [1.807, 2.05) is 0 Å². The van der Waals surface area contributed by atoms with Gasteiger partial charge in [0.1, 0.15) is 0 Å². The van der Waals surface area contributed by atoms with Crippen LogP contribution < -0.4 is 10.2 Å². The van der Waals surface area contributed by atoms with Crippen molar-refractivity contribution >= 4 is 29.1 Å². The van der Waals surface area contributed by atoms with Crippen molar-refractivity contribution < 1.29 is 14.1 Å². The average molecular weight is 361 g/mol. The van der Waals surface area contributed by atoms with Crippen LogP contribution >= 0.6 is 11.6 Å². The topological polar surface area (TPSA) is 88.3 Å². The second-order valence-electron chi connectivity index (χ2n) is 6.42. The van der Waals surface area contributed by atoms with Crippen molar-refractivity contribution in [3.8, 4) is 0 Å². The lowest BCUT2D eigenvalue weighted by atomic mass is 10.1. The fraction of sp³-hybridized carbons (Fsp3) is 0.412. The summed E-state index contributed by atoms with van der Waals surface area (Å²) in [6.07, 6.45) is 2.37. The molecule has 0 radical (unpaired) electrons. The number of nitrogens with zero attached hydrogens (tertiary/aromatic N) is 3. The summed E-state index contributed by atoms with van der Waals surface area (Å²) in [5.74, 6) is 0.873. The van der Waals surface area contributed by atoms with Gasteiger partial charge in [0.2, 0.25) is 17.7 Å². The van der Waals surface area contributed by atoms with Gasteiger partial charge in [-0.3, -0.25) is 9.59 Å². The van der Waals surface area contributed by atoms with E-state index >= 15 is 0 Å². The zero-order valence-electron chi connectivity index (χ0n) is 13.4. The van der Waals surface area contributed by atoms with Crippen LogP contribution in [0.4, 0.5) is 5.69 Å². The smallest absolute Gasteiger partial charge is 0.246 e. The van der Waals surface area contributed by atoms with Crippen LogP contribution in [0.15, 0.2) is 28.8 Å². The molecule has 1 atom stereocenters. The number of rotatable bonds is 5. The molecule has 1 aliphatic carbocycles. The molecule has 2 aromatic rings. The number of hydrogen-bond donors (Lipinski definition) is 1. The molecular formula is C17H17ClN4O3. The van der Waals surface area contributed by atoms with Gasteiger partial charge < -0.3 is 14.7 Å². The van der Waals surface area contributed by atoms with Gasteiger partial charge >= 0.3 is 0 Å². The Morgan fingerprint density at radius 1 is 1.32 bits per heavy atom. The summed E-state index contributed by atoms with van der Waals surface area (Å²) >= 11 is 5.87. The number of hydrogen-bond acceptors (Lipinski definition) is 5. The summed E-state index contributed by atoms with van der Waals surface area (Å²) in [6.45, 7) is 0.535. The van der Waals surface area contributed by atoms with E-state index in [0.29, 0.717) is 29.2 Å². The molecule has 1 aromatic carbocycles. The Labute approximate surface area is 149 Å². The highest BCUT2D eigenvalue weighted by atomic mass is 35.5. The Kier molecular flexibility index (Phi) is 4.17. The maximum Gasteiger partial charge on any atom is 0.246 e. The monoisotopic (exact) mass is 360 g/mol. The normalized spacial score (nSPS) is 20.1. The highest BCUT2D eigenvalue weighted by Gasteiger charge is 2.35. The van der Waals surface area contributed by atoms with Gasteiger partial charge in [-0.05, 0) is 37.1 Å². The Hall–Kier alpha value is -2.41. The first kappa shape index (κ1) is 16.1. The molecule has 8 heteroatoms. The van der Waals surface area contributed by atoms with Crippen molar-refractivity contribution in [3.05, 3.63) is 41.0 Å². The molecule has 1 N–H and O–H groups in total. The molecule has 4 rings (SSSR count). The fourth-order valence-corrected chi connectivity index (χ4v) is 3.03. The molecule has 7 nitrogen and oxygen atoms in total. The molecule has 0 spiro atoms. The third-order valence-corrected chi connectivity index (χ3v) is 4.73. The van der Waals surface area contributed by atoms with Crippen LogP contribution in [0.2, 0.25) is 5.02 Å². The minimum absolute atomic E-state index is 0.0729. The molecular weight excluding hydrogens is 344 g/mol. The van der Waals surface area contributed by atoms with Crippen molar-refractivity contribution in [2.45, 2.75) is 31.7 Å². The SMILES string of the molecule is O=C(NCc1nc(C2CC2)no1)C1CC(=O)N(c2ccc(Cl)cc2)C1. The number of aromatic nitrogens is 2. The molecule has 25 heavy (non-hydrogen) atoms.